The van der Waals surface area contributed by atoms with Gasteiger partial charge in [0.2, 0.25) is 0 Å². The van der Waals surface area contributed by atoms with E-state index in [-0.39, 0.29) is 6.04 Å². The summed E-state index contributed by atoms with van der Waals surface area (Å²) in [5.41, 5.74) is 4.65. The van der Waals surface area contributed by atoms with Gasteiger partial charge in [0, 0.05) is 18.9 Å². The van der Waals surface area contributed by atoms with Crippen molar-refractivity contribution in [3.8, 4) is 5.75 Å². The van der Waals surface area contributed by atoms with Crippen molar-refractivity contribution in [3.05, 3.63) is 53.9 Å². The van der Waals surface area contributed by atoms with E-state index in [1.165, 1.54) is 0 Å². The SMILES string of the molecule is COCCOc1ccccc1C(NN)c1ccnnc1. The highest BCUT2D eigenvalue weighted by atomic mass is 16.5. The van der Waals surface area contributed by atoms with Gasteiger partial charge in [0.25, 0.3) is 0 Å². The molecule has 106 valence electrons. The molecule has 0 aliphatic heterocycles. The summed E-state index contributed by atoms with van der Waals surface area (Å²) < 4.78 is 10.7. The largest absolute Gasteiger partial charge is 0.491 e. The van der Waals surface area contributed by atoms with Crippen LogP contribution in [0.15, 0.2) is 42.7 Å². The lowest BCUT2D eigenvalue weighted by molar-refractivity contribution is 0.145. The normalized spacial score (nSPS) is 12.1. The quantitative estimate of drug-likeness (QED) is 0.446. The number of hydrogen-bond acceptors (Lipinski definition) is 6. The molecule has 1 aromatic heterocycles. The van der Waals surface area contributed by atoms with Crippen LogP contribution in [-0.4, -0.2) is 30.5 Å². The number of nitrogens with one attached hydrogen (secondary N) is 1. The van der Waals surface area contributed by atoms with Gasteiger partial charge in [0.05, 0.1) is 18.8 Å². The van der Waals surface area contributed by atoms with E-state index in [0.29, 0.717) is 13.2 Å². The number of nitrogens with two attached hydrogens (primary N) is 1. The first kappa shape index (κ1) is 14.4. The second-order valence-corrected chi connectivity index (χ2v) is 4.15. The van der Waals surface area contributed by atoms with Crippen molar-refractivity contribution in [1.82, 2.24) is 15.6 Å². The van der Waals surface area contributed by atoms with E-state index in [1.807, 2.05) is 30.3 Å². The summed E-state index contributed by atoms with van der Waals surface area (Å²) in [5, 5.41) is 7.65. The summed E-state index contributed by atoms with van der Waals surface area (Å²) in [5.74, 6) is 6.45. The van der Waals surface area contributed by atoms with Gasteiger partial charge in [-0.3, -0.25) is 5.84 Å². The maximum atomic E-state index is 5.73. The molecule has 0 radical (unpaired) electrons. The first-order valence-corrected chi connectivity index (χ1v) is 6.30. The standard InChI is InChI=1S/C14H18N4O2/c1-19-8-9-20-13-5-3-2-4-12(13)14(18-15)11-6-7-16-17-10-11/h2-7,10,14,18H,8-9,15H2,1H3. The molecule has 0 aliphatic rings. The van der Waals surface area contributed by atoms with Gasteiger partial charge < -0.3 is 9.47 Å². The number of para-hydroxylation sites is 1. The van der Waals surface area contributed by atoms with Crippen LogP contribution in [0.25, 0.3) is 0 Å². The average molecular weight is 274 g/mol. The molecule has 1 heterocycles. The van der Waals surface area contributed by atoms with Gasteiger partial charge in [-0.2, -0.15) is 10.2 Å². The summed E-state index contributed by atoms with van der Waals surface area (Å²) >= 11 is 0. The predicted molar refractivity (Wildman–Crippen MR) is 75.0 cm³/mol. The Morgan fingerprint density at radius 3 is 2.75 bits per heavy atom. The van der Waals surface area contributed by atoms with Gasteiger partial charge in [-0.15, -0.1) is 0 Å². The van der Waals surface area contributed by atoms with E-state index < -0.39 is 0 Å². The third-order valence-corrected chi connectivity index (χ3v) is 2.88. The van der Waals surface area contributed by atoms with Crippen molar-refractivity contribution >= 4 is 0 Å². The van der Waals surface area contributed by atoms with Crippen LogP contribution in [-0.2, 0) is 4.74 Å². The molecule has 0 spiro atoms. The van der Waals surface area contributed by atoms with Crippen LogP contribution in [0.3, 0.4) is 0 Å². The second-order valence-electron chi connectivity index (χ2n) is 4.15. The molecule has 20 heavy (non-hydrogen) atoms. The Labute approximate surface area is 117 Å². The molecule has 1 atom stereocenters. The summed E-state index contributed by atoms with van der Waals surface area (Å²) in [4.78, 5) is 0. The number of hydrogen-bond donors (Lipinski definition) is 2. The van der Waals surface area contributed by atoms with E-state index in [1.54, 1.807) is 19.5 Å². The minimum atomic E-state index is -0.204. The molecule has 3 N–H and O–H groups in total. The van der Waals surface area contributed by atoms with Gasteiger partial charge in [0.15, 0.2) is 0 Å². The first-order valence-electron chi connectivity index (χ1n) is 6.30. The van der Waals surface area contributed by atoms with Crippen molar-refractivity contribution < 1.29 is 9.47 Å². The van der Waals surface area contributed by atoms with E-state index in [2.05, 4.69) is 15.6 Å². The highest BCUT2D eigenvalue weighted by Gasteiger charge is 2.17. The lowest BCUT2D eigenvalue weighted by Gasteiger charge is -2.19. The Morgan fingerprint density at radius 2 is 2.05 bits per heavy atom. The molecule has 1 aromatic carbocycles. The number of benzene rings is 1. The maximum absolute atomic E-state index is 5.73. The van der Waals surface area contributed by atoms with Crippen LogP contribution in [0.1, 0.15) is 17.2 Å². The summed E-state index contributed by atoms with van der Waals surface area (Å²) in [7, 11) is 1.64. The lowest BCUT2D eigenvalue weighted by atomic mass is 10.0. The van der Waals surface area contributed by atoms with Crippen LogP contribution in [0.2, 0.25) is 0 Å². The third kappa shape index (κ3) is 3.51. The summed E-state index contributed by atoms with van der Waals surface area (Å²) in [6.07, 6.45) is 3.31. The Bertz CT molecular complexity index is 522. The molecule has 0 aliphatic carbocycles. The number of ether oxygens (including phenoxy) is 2. The van der Waals surface area contributed by atoms with Crippen molar-refractivity contribution in [2.75, 3.05) is 20.3 Å². The Hall–Kier alpha value is -2.02. The second kappa shape index (κ2) is 7.54. The van der Waals surface area contributed by atoms with Gasteiger partial charge in [-0.05, 0) is 17.7 Å². The molecule has 6 heteroatoms. The van der Waals surface area contributed by atoms with Crippen LogP contribution < -0.4 is 16.0 Å². The highest BCUT2D eigenvalue weighted by molar-refractivity contribution is 5.40. The van der Waals surface area contributed by atoms with Crippen molar-refractivity contribution in [1.29, 1.82) is 0 Å². The molecule has 0 saturated carbocycles. The molecule has 0 saturated heterocycles. The monoisotopic (exact) mass is 274 g/mol. The number of hydrazine groups is 1. The molecule has 1 unspecified atom stereocenters. The Kier molecular flexibility index (Phi) is 5.43. The van der Waals surface area contributed by atoms with Crippen LogP contribution >= 0.6 is 0 Å². The van der Waals surface area contributed by atoms with Crippen LogP contribution in [0.4, 0.5) is 0 Å². The fraction of sp³-hybridized carbons (Fsp3) is 0.286. The topological polar surface area (TPSA) is 82.3 Å². The Morgan fingerprint density at radius 1 is 1.20 bits per heavy atom. The predicted octanol–water partition coefficient (Wildman–Crippen LogP) is 1.05. The minimum absolute atomic E-state index is 0.204. The van der Waals surface area contributed by atoms with Crippen molar-refractivity contribution in [3.63, 3.8) is 0 Å². The zero-order chi connectivity index (χ0) is 14.2. The Balaban J connectivity index is 2.25. The van der Waals surface area contributed by atoms with Crippen LogP contribution in [0.5, 0.6) is 5.75 Å². The fourth-order valence-electron chi connectivity index (χ4n) is 1.92. The van der Waals surface area contributed by atoms with E-state index >= 15 is 0 Å². The number of nitrogens with zero attached hydrogens (tertiary/aromatic N) is 2. The molecule has 0 bridgehead atoms. The van der Waals surface area contributed by atoms with Gasteiger partial charge >= 0.3 is 0 Å². The zero-order valence-corrected chi connectivity index (χ0v) is 11.3. The lowest BCUT2D eigenvalue weighted by Crippen LogP contribution is -2.29. The minimum Gasteiger partial charge on any atom is -0.491 e. The van der Waals surface area contributed by atoms with E-state index in [4.69, 9.17) is 15.3 Å². The van der Waals surface area contributed by atoms with Gasteiger partial charge in [0.1, 0.15) is 12.4 Å². The van der Waals surface area contributed by atoms with Crippen molar-refractivity contribution in [2.45, 2.75) is 6.04 Å². The highest BCUT2D eigenvalue weighted by Crippen LogP contribution is 2.28. The zero-order valence-electron chi connectivity index (χ0n) is 11.3. The maximum Gasteiger partial charge on any atom is 0.124 e. The smallest absolute Gasteiger partial charge is 0.124 e. The van der Waals surface area contributed by atoms with Gasteiger partial charge in [-0.1, -0.05) is 18.2 Å². The van der Waals surface area contributed by atoms with Gasteiger partial charge in [-0.25, -0.2) is 5.43 Å². The molecule has 2 rings (SSSR count). The molecular weight excluding hydrogens is 256 g/mol. The molecular formula is C14H18N4O2. The number of methoxy groups -OCH3 is 1. The molecule has 2 aromatic rings. The molecule has 6 nitrogen and oxygen atoms in total. The average Bonchev–Trinajstić information content (AvgIpc) is 2.51. The number of aromatic nitrogens is 2. The van der Waals surface area contributed by atoms with Crippen molar-refractivity contribution in [2.24, 2.45) is 5.84 Å². The molecule has 0 amide bonds. The van der Waals surface area contributed by atoms with Crippen LogP contribution in [0, 0.1) is 0 Å². The fourth-order valence-corrected chi connectivity index (χ4v) is 1.92. The number of rotatable bonds is 7. The summed E-state index contributed by atoms with van der Waals surface area (Å²) in [6.45, 7) is 1.02. The van der Waals surface area contributed by atoms with E-state index in [9.17, 15) is 0 Å². The third-order valence-electron chi connectivity index (χ3n) is 2.88. The summed E-state index contributed by atoms with van der Waals surface area (Å²) in [6, 6.07) is 9.39. The first-order chi connectivity index (χ1) is 9.86. The molecule has 0 fully saturated rings. The van der Waals surface area contributed by atoms with E-state index in [0.717, 1.165) is 16.9 Å².